The third-order valence-corrected chi connectivity index (χ3v) is 3.03. The van der Waals surface area contributed by atoms with Gasteiger partial charge in [-0.3, -0.25) is 9.69 Å². The van der Waals surface area contributed by atoms with Crippen LogP contribution < -0.4 is 4.90 Å². The summed E-state index contributed by atoms with van der Waals surface area (Å²) in [4.78, 5) is 14.0. The van der Waals surface area contributed by atoms with Crippen LogP contribution in [0.2, 0.25) is 0 Å². The van der Waals surface area contributed by atoms with Gasteiger partial charge in [0.25, 0.3) is 0 Å². The number of amides is 1. The standard InChI is InChI=1S/C14H23NO2/c1-4-6-9-15(14-8-7-10-17-14)13(16)11-12(3)5-2/h7-8,10,12H,4-6,9,11H2,1-3H3. The lowest BCUT2D eigenvalue weighted by atomic mass is 10.0. The summed E-state index contributed by atoms with van der Waals surface area (Å²) in [6.45, 7) is 7.10. The lowest BCUT2D eigenvalue weighted by Crippen LogP contribution is -2.32. The molecule has 3 heteroatoms. The molecule has 1 unspecified atom stereocenters. The highest BCUT2D eigenvalue weighted by molar-refractivity contribution is 5.92. The van der Waals surface area contributed by atoms with Gasteiger partial charge in [0.2, 0.25) is 11.8 Å². The summed E-state index contributed by atoms with van der Waals surface area (Å²) in [5.74, 6) is 1.27. The zero-order valence-electron chi connectivity index (χ0n) is 11.1. The van der Waals surface area contributed by atoms with E-state index in [4.69, 9.17) is 4.42 Å². The second-order valence-electron chi connectivity index (χ2n) is 4.57. The van der Waals surface area contributed by atoms with E-state index >= 15 is 0 Å². The van der Waals surface area contributed by atoms with E-state index in [9.17, 15) is 4.79 Å². The zero-order valence-corrected chi connectivity index (χ0v) is 11.1. The Morgan fingerprint density at radius 3 is 2.76 bits per heavy atom. The molecule has 0 aromatic carbocycles. The van der Waals surface area contributed by atoms with Gasteiger partial charge in [-0.15, -0.1) is 0 Å². The number of nitrogens with zero attached hydrogens (tertiary/aromatic N) is 1. The van der Waals surface area contributed by atoms with Gasteiger partial charge < -0.3 is 4.42 Å². The first-order valence-electron chi connectivity index (χ1n) is 6.52. The minimum absolute atomic E-state index is 0.169. The maximum absolute atomic E-state index is 12.2. The van der Waals surface area contributed by atoms with Crippen molar-refractivity contribution < 1.29 is 9.21 Å². The van der Waals surface area contributed by atoms with Crippen molar-refractivity contribution in [2.75, 3.05) is 11.4 Å². The van der Waals surface area contributed by atoms with Crippen LogP contribution in [0, 0.1) is 5.92 Å². The van der Waals surface area contributed by atoms with Crippen LogP contribution in [0.25, 0.3) is 0 Å². The van der Waals surface area contributed by atoms with Gasteiger partial charge >= 0.3 is 0 Å². The molecule has 1 aromatic rings. The van der Waals surface area contributed by atoms with Crippen molar-refractivity contribution in [1.82, 2.24) is 0 Å². The molecule has 1 heterocycles. The number of carbonyl (C=O) groups excluding carboxylic acids is 1. The molecule has 0 saturated carbocycles. The number of unbranched alkanes of at least 4 members (excludes halogenated alkanes) is 1. The molecule has 1 aromatic heterocycles. The fraction of sp³-hybridized carbons (Fsp3) is 0.643. The van der Waals surface area contributed by atoms with Crippen molar-refractivity contribution >= 4 is 11.8 Å². The Morgan fingerprint density at radius 1 is 1.47 bits per heavy atom. The smallest absolute Gasteiger partial charge is 0.229 e. The quantitative estimate of drug-likeness (QED) is 0.721. The Hall–Kier alpha value is -1.25. The van der Waals surface area contributed by atoms with Crippen molar-refractivity contribution in [2.24, 2.45) is 5.92 Å². The van der Waals surface area contributed by atoms with Crippen LogP contribution in [-0.4, -0.2) is 12.5 Å². The maximum atomic E-state index is 12.2. The summed E-state index contributed by atoms with van der Waals surface area (Å²) in [5.41, 5.74) is 0. The van der Waals surface area contributed by atoms with E-state index in [0.717, 1.165) is 25.8 Å². The molecule has 0 N–H and O–H groups in total. The average molecular weight is 237 g/mol. The molecule has 0 aliphatic heterocycles. The van der Waals surface area contributed by atoms with Crippen molar-refractivity contribution in [2.45, 2.75) is 46.5 Å². The second-order valence-corrected chi connectivity index (χ2v) is 4.57. The van der Waals surface area contributed by atoms with Crippen molar-refractivity contribution in [3.63, 3.8) is 0 Å². The fourth-order valence-electron chi connectivity index (χ4n) is 1.65. The third kappa shape index (κ3) is 4.25. The average Bonchev–Trinajstić information content (AvgIpc) is 2.83. The van der Waals surface area contributed by atoms with Gasteiger partial charge in [0, 0.05) is 19.0 Å². The van der Waals surface area contributed by atoms with Gasteiger partial charge in [0.1, 0.15) is 0 Å². The SMILES string of the molecule is CCCCN(C(=O)CC(C)CC)c1ccco1. The number of hydrogen-bond acceptors (Lipinski definition) is 2. The molecule has 0 saturated heterocycles. The minimum Gasteiger partial charge on any atom is -0.448 e. The summed E-state index contributed by atoms with van der Waals surface area (Å²) in [7, 11) is 0. The lowest BCUT2D eigenvalue weighted by Gasteiger charge is -2.21. The monoisotopic (exact) mass is 237 g/mol. The summed E-state index contributed by atoms with van der Waals surface area (Å²) < 4.78 is 5.33. The maximum Gasteiger partial charge on any atom is 0.229 e. The lowest BCUT2D eigenvalue weighted by molar-refractivity contribution is -0.119. The van der Waals surface area contributed by atoms with Gasteiger partial charge in [0.15, 0.2) is 0 Å². The highest BCUT2D eigenvalue weighted by atomic mass is 16.3. The highest BCUT2D eigenvalue weighted by Crippen LogP contribution is 2.19. The normalized spacial score (nSPS) is 12.4. The molecule has 1 rings (SSSR count). The van der Waals surface area contributed by atoms with E-state index in [1.807, 2.05) is 12.1 Å². The number of rotatable bonds is 7. The van der Waals surface area contributed by atoms with Crippen LogP contribution in [0.4, 0.5) is 5.88 Å². The molecule has 0 aliphatic carbocycles. The van der Waals surface area contributed by atoms with Crippen LogP contribution in [0.1, 0.15) is 46.5 Å². The molecule has 0 aliphatic rings. The van der Waals surface area contributed by atoms with E-state index in [1.54, 1.807) is 11.2 Å². The summed E-state index contributed by atoms with van der Waals surface area (Å²) >= 11 is 0. The van der Waals surface area contributed by atoms with Gasteiger partial charge in [0.05, 0.1) is 6.26 Å². The summed E-state index contributed by atoms with van der Waals surface area (Å²) in [5, 5.41) is 0. The Labute approximate surface area is 104 Å². The number of furan rings is 1. The topological polar surface area (TPSA) is 33.5 Å². The molecule has 0 radical (unpaired) electrons. The first kappa shape index (κ1) is 13.8. The molecular formula is C14H23NO2. The van der Waals surface area contributed by atoms with Crippen LogP contribution in [-0.2, 0) is 4.79 Å². The van der Waals surface area contributed by atoms with Crippen LogP contribution in [0.3, 0.4) is 0 Å². The molecule has 1 amide bonds. The van der Waals surface area contributed by atoms with Gasteiger partial charge in [-0.1, -0.05) is 33.6 Å². The Balaban J connectivity index is 2.66. The Morgan fingerprint density at radius 2 is 2.24 bits per heavy atom. The molecule has 0 spiro atoms. The number of anilines is 1. The molecule has 96 valence electrons. The summed E-state index contributed by atoms with van der Waals surface area (Å²) in [6.07, 6.45) is 5.33. The minimum atomic E-state index is 0.169. The van der Waals surface area contributed by atoms with Crippen molar-refractivity contribution in [3.05, 3.63) is 18.4 Å². The molecular weight excluding hydrogens is 214 g/mol. The first-order valence-corrected chi connectivity index (χ1v) is 6.52. The molecule has 3 nitrogen and oxygen atoms in total. The Kier molecular flexibility index (Phi) is 5.81. The zero-order chi connectivity index (χ0) is 12.7. The van der Waals surface area contributed by atoms with Gasteiger partial charge in [-0.25, -0.2) is 0 Å². The van der Waals surface area contributed by atoms with E-state index < -0.39 is 0 Å². The fourth-order valence-corrected chi connectivity index (χ4v) is 1.65. The molecule has 1 atom stereocenters. The first-order chi connectivity index (χ1) is 8.19. The number of carbonyl (C=O) groups is 1. The van der Waals surface area contributed by atoms with Crippen LogP contribution >= 0.6 is 0 Å². The number of hydrogen-bond donors (Lipinski definition) is 0. The van der Waals surface area contributed by atoms with Crippen LogP contribution in [0.15, 0.2) is 22.8 Å². The van der Waals surface area contributed by atoms with Crippen molar-refractivity contribution in [1.29, 1.82) is 0 Å². The largest absolute Gasteiger partial charge is 0.448 e. The third-order valence-electron chi connectivity index (χ3n) is 3.03. The van der Waals surface area contributed by atoms with Crippen LogP contribution in [0.5, 0.6) is 0 Å². The molecule has 17 heavy (non-hydrogen) atoms. The van der Waals surface area contributed by atoms with E-state index in [-0.39, 0.29) is 5.91 Å². The second kappa shape index (κ2) is 7.15. The van der Waals surface area contributed by atoms with Gasteiger partial charge in [-0.2, -0.15) is 0 Å². The molecule has 0 bridgehead atoms. The predicted octanol–water partition coefficient (Wildman–Crippen LogP) is 3.85. The Bertz CT molecular complexity index is 319. The van der Waals surface area contributed by atoms with E-state index in [1.165, 1.54) is 0 Å². The summed E-state index contributed by atoms with van der Waals surface area (Å²) in [6, 6.07) is 3.68. The predicted molar refractivity (Wildman–Crippen MR) is 70.0 cm³/mol. The van der Waals surface area contributed by atoms with E-state index in [0.29, 0.717) is 18.2 Å². The van der Waals surface area contributed by atoms with Gasteiger partial charge in [-0.05, 0) is 18.4 Å². The van der Waals surface area contributed by atoms with E-state index in [2.05, 4.69) is 20.8 Å². The highest BCUT2D eigenvalue weighted by Gasteiger charge is 2.18. The van der Waals surface area contributed by atoms with Crippen molar-refractivity contribution in [3.8, 4) is 0 Å². The molecule has 0 fully saturated rings.